The number of carbonyl (C=O) groups excluding carboxylic acids is 1. The number of ketones is 1. The number of hydrogen-bond donors (Lipinski definition) is 2. The van der Waals surface area contributed by atoms with Gasteiger partial charge in [-0.05, 0) is 36.4 Å². The minimum Gasteiger partial charge on any atom is -0.399 e. The van der Waals surface area contributed by atoms with Crippen LogP contribution in [0.25, 0.3) is 10.9 Å². The molecule has 0 aliphatic heterocycles. The van der Waals surface area contributed by atoms with Crippen LogP contribution in [0.3, 0.4) is 0 Å². The van der Waals surface area contributed by atoms with Crippen molar-refractivity contribution < 1.29 is 4.79 Å². The molecule has 0 fully saturated rings. The molecular weight excluding hydrogens is 340 g/mol. The first-order chi connectivity index (χ1) is 9.56. The first-order valence-electron chi connectivity index (χ1n) is 5.92. The summed E-state index contributed by atoms with van der Waals surface area (Å²) in [5.41, 5.74) is 8.13. The van der Waals surface area contributed by atoms with Gasteiger partial charge in [0.05, 0.1) is 5.02 Å². The summed E-state index contributed by atoms with van der Waals surface area (Å²) in [4.78, 5) is 15.7. The molecule has 0 aliphatic carbocycles. The van der Waals surface area contributed by atoms with Crippen LogP contribution >= 0.6 is 27.5 Å². The number of H-pyrrole nitrogens is 1. The maximum Gasteiger partial charge on any atom is 0.196 e. The smallest absolute Gasteiger partial charge is 0.196 e. The van der Waals surface area contributed by atoms with Crippen molar-refractivity contribution in [3.63, 3.8) is 0 Å². The van der Waals surface area contributed by atoms with Gasteiger partial charge >= 0.3 is 0 Å². The third kappa shape index (κ3) is 2.21. The number of fused-ring (bicyclic) bond motifs is 1. The summed E-state index contributed by atoms with van der Waals surface area (Å²) < 4.78 is 0.914. The Morgan fingerprint density at radius 1 is 1.15 bits per heavy atom. The van der Waals surface area contributed by atoms with E-state index in [9.17, 15) is 4.79 Å². The average molecular weight is 350 g/mol. The largest absolute Gasteiger partial charge is 0.399 e. The fourth-order valence-electron chi connectivity index (χ4n) is 2.14. The number of benzene rings is 2. The molecule has 0 spiro atoms. The van der Waals surface area contributed by atoms with Crippen LogP contribution in [0.1, 0.15) is 15.9 Å². The Morgan fingerprint density at radius 3 is 2.75 bits per heavy atom. The summed E-state index contributed by atoms with van der Waals surface area (Å²) in [6.45, 7) is 0. The summed E-state index contributed by atoms with van der Waals surface area (Å²) in [6.07, 6.45) is 1.69. The minimum absolute atomic E-state index is 0.147. The quantitative estimate of drug-likeness (QED) is 0.532. The van der Waals surface area contributed by atoms with Crippen molar-refractivity contribution in [2.75, 3.05) is 5.73 Å². The maximum atomic E-state index is 12.6. The fourth-order valence-corrected chi connectivity index (χ4v) is 2.71. The van der Waals surface area contributed by atoms with Crippen LogP contribution in [0.15, 0.2) is 47.1 Å². The number of aromatic amines is 1. The molecule has 0 aliphatic rings. The highest BCUT2D eigenvalue weighted by atomic mass is 79.9. The van der Waals surface area contributed by atoms with Crippen molar-refractivity contribution in [3.05, 3.63) is 63.2 Å². The Kier molecular flexibility index (Phi) is 3.28. The monoisotopic (exact) mass is 348 g/mol. The molecule has 0 bridgehead atoms. The summed E-state index contributed by atoms with van der Waals surface area (Å²) in [6, 6.07) is 10.6. The highest BCUT2D eigenvalue weighted by Crippen LogP contribution is 2.27. The molecule has 0 atom stereocenters. The number of carbonyl (C=O) groups is 1. The second-order valence-corrected chi connectivity index (χ2v) is 5.78. The minimum atomic E-state index is -0.147. The zero-order valence-electron chi connectivity index (χ0n) is 10.3. The number of nitrogens with two attached hydrogens (primary N) is 1. The van der Waals surface area contributed by atoms with Gasteiger partial charge in [0.15, 0.2) is 5.78 Å². The summed E-state index contributed by atoms with van der Waals surface area (Å²) >= 11 is 9.51. The SMILES string of the molecule is Nc1ccc(Cl)c(C(=O)c2c[nH]c3ccc(Br)cc23)c1. The lowest BCUT2D eigenvalue weighted by atomic mass is 10.0. The van der Waals surface area contributed by atoms with E-state index in [2.05, 4.69) is 20.9 Å². The Labute approximate surface area is 128 Å². The number of anilines is 1. The number of hydrogen-bond acceptors (Lipinski definition) is 2. The van der Waals surface area contributed by atoms with E-state index in [1.54, 1.807) is 24.4 Å². The zero-order valence-corrected chi connectivity index (χ0v) is 12.6. The van der Waals surface area contributed by atoms with Gasteiger partial charge in [0.1, 0.15) is 0 Å². The van der Waals surface area contributed by atoms with E-state index in [-0.39, 0.29) is 5.78 Å². The third-order valence-corrected chi connectivity index (χ3v) is 3.95. The van der Waals surface area contributed by atoms with Crippen molar-refractivity contribution >= 4 is 49.9 Å². The van der Waals surface area contributed by atoms with Gasteiger partial charge in [-0.15, -0.1) is 0 Å². The molecular formula is C15H10BrClN2O. The number of rotatable bonds is 2. The van der Waals surface area contributed by atoms with Gasteiger partial charge in [-0.1, -0.05) is 27.5 Å². The molecule has 1 heterocycles. The Morgan fingerprint density at radius 2 is 1.95 bits per heavy atom. The first-order valence-corrected chi connectivity index (χ1v) is 7.10. The van der Waals surface area contributed by atoms with Gasteiger partial charge in [0.2, 0.25) is 0 Å². The lowest BCUT2D eigenvalue weighted by Gasteiger charge is -2.04. The highest BCUT2D eigenvalue weighted by molar-refractivity contribution is 9.10. The predicted molar refractivity (Wildman–Crippen MR) is 85.3 cm³/mol. The number of nitrogens with one attached hydrogen (secondary N) is 1. The second kappa shape index (κ2) is 4.96. The molecule has 3 N–H and O–H groups in total. The molecule has 20 heavy (non-hydrogen) atoms. The first kappa shape index (κ1) is 13.2. The molecule has 3 nitrogen and oxygen atoms in total. The summed E-state index contributed by atoms with van der Waals surface area (Å²) in [7, 11) is 0. The van der Waals surface area contributed by atoms with Crippen molar-refractivity contribution in [2.24, 2.45) is 0 Å². The van der Waals surface area contributed by atoms with Gasteiger partial charge in [-0.25, -0.2) is 0 Å². The average Bonchev–Trinajstić information content (AvgIpc) is 2.83. The third-order valence-electron chi connectivity index (χ3n) is 3.12. The fraction of sp³-hybridized carbons (Fsp3) is 0. The normalized spacial score (nSPS) is 10.9. The molecule has 0 unspecified atom stereocenters. The molecule has 5 heteroatoms. The summed E-state index contributed by atoms with van der Waals surface area (Å²) in [5.74, 6) is -0.147. The van der Waals surface area contributed by atoms with Crippen molar-refractivity contribution in [2.45, 2.75) is 0 Å². The Bertz CT molecular complexity index is 826. The second-order valence-electron chi connectivity index (χ2n) is 4.46. The lowest BCUT2D eigenvalue weighted by molar-refractivity contribution is 0.104. The number of aromatic nitrogens is 1. The topological polar surface area (TPSA) is 58.9 Å². The van der Waals surface area contributed by atoms with E-state index in [4.69, 9.17) is 17.3 Å². The van der Waals surface area contributed by atoms with E-state index in [1.807, 2.05) is 18.2 Å². The van der Waals surface area contributed by atoms with Gasteiger partial charge < -0.3 is 10.7 Å². The van der Waals surface area contributed by atoms with Crippen molar-refractivity contribution in [1.29, 1.82) is 0 Å². The van der Waals surface area contributed by atoms with E-state index in [0.29, 0.717) is 21.8 Å². The van der Waals surface area contributed by atoms with Crippen LogP contribution in [0.2, 0.25) is 5.02 Å². The number of nitrogen functional groups attached to an aromatic ring is 1. The van der Waals surface area contributed by atoms with Gasteiger partial charge in [0.25, 0.3) is 0 Å². The Hall–Kier alpha value is -1.78. The standard InChI is InChI=1S/C15H10BrClN2O/c16-8-1-4-14-10(5-8)12(7-19-14)15(20)11-6-9(18)2-3-13(11)17/h1-7,19H,18H2. The molecule has 0 amide bonds. The maximum absolute atomic E-state index is 12.6. The van der Waals surface area contributed by atoms with Crippen LogP contribution in [-0.4, -0.2) is 10.8 Å². The summed E-state index contributed by atoms with van der Waals surface area (Å²) in [5, 5.41) is 1.25. The van der Waals surface area contributed by atoms with Crippen LogP contribution in [0, 0.1) is 0 Å². The van der Waals surface area contributed by atoms with Crippen LogP contribution < -0.4 is 5.73 Å². The van der Waals surface area contributed by atoms with E-state index in [0.717, 1.165) is 15.4 Å². The van der Waals surface area contributed by atoms with Crippen LogP contribution in [-0.2, 0) is 0 Å². The van der Waals surface area contributed by atoms with E-state index in [1.165, 1.54) is 0 Å². The van der Waals surface area contributed by atoms with Crippen molar-refractivity contribution in [1.82, 2.24) is 4.98 Å². The van der Waals surface area contributed by atoms with Gasteiger partial charge in [-0.2, -0.15) is 0 Å². The molecule has 0 saturated carbocycles. The van der Waals surface area contributed by atoms with Crippen LogP contribution in [0.4, 0.5) is 5.69 Å². The molecule has 2 aromatic carbocycles. The van der Waals surface area contributed by atoms with Crippen molar-refractivity contribution in [3.8, 4) is 0 Å². The predicted octanol–water partition coefficient (Wildman–Crippen LogP) is 4.40. The molecule has 0 saturated heterocycles. The van der Waals surface area contributed by atoms with E-state index >= 15 is 0 Å². The van der Waals surface area contributed by atoms with Gasteiger partial charge in [-0.3, -0.25) is 4.79 Å². The molecule has 100 valence electrons. The zero-order chi connectivity index (χ0) is 14.3. The molecule has 3 rings (SSSR count). The molecule has 0 radical (unpaired) electrons. The van der Waals surface area contributed by atoms with E-state index < -0.39 is 0 Å². The highest BCUT2D eigenvalue weighted by Gasteiger charge is 2.17. The molecule has 3 aromatic rings. The number of halogens is 2. The lowest BCUT2D eigenvalue weighted by Crippen LogP contribution is -2.02. The van der Waals surface area contributed by atoms with Crippen LogP contribution in [0.5, 0.6) is 0 Å². The Balaban J connectivity index is 2.17. The molecule has 1 aromatic heterocycles. The van der Waals surface area contributed by atoms with Gasteiger partial charge in [0, 0.05) is 38.4 Å².